The molecule has 7 heteroatoms. The number of fused-ring (bicyclic) bond motifs is 1. The molecule has 0 spiro atoms. The summed E-state index contributed by atoms with van der Waals surface area (Å²) in [4.78, 5) is 19.6. The van der Waals surface area contributed by atoms with Gasteiger partial charge in [0.2, 0.25) is 17.2 Å². The molecule has 0 aliphatic carbocycles. The van der Waals surface area contributed by atoms with Crippen molar-refractivity contribution in [3.05, 3.63) is 65.2 Å². The highest BCUT2D eigenvalue weighted by Gasteiger charge is 2.28. The summed E-state index contributed by atoms with van der Waals surface area (Å²) in [6, 6.07) is 14.3. The molecular formula is C27H32N5O2+. The number of amides is 1. The van der Waals surface area contributed by atoms with Gasteiger partial charge in [-0.15, -0.1) is 4.68 Å². The first-order valence-corrected chi connectivity index (χ1v) is 12.0. The van der Waals surface area contributed by atoms with Gasteiger partial charge in [-0.1, -0.05) is 31.1 Å². The predicted molar refractivity (Wildman–Crippen MR) is 131 cm³/mol. The summed E-state index contributed by atoms with van der Waals surface area (Å²) in [5.41, 5.74) is 5.32. The molecule has 7 nitrogen and oxygen atoms in total. The summed E-state index contributed by atoms with van der Waals surface area (Å²) < 4.78 is 9.93. The monoisotopic (exact) mass is 458 g/mol. The number of carbonyl (C=O) groups excluding carboxylic acids is 1. The number of hydrogen-bond donors (Lipinski definition) is 0. The Kier molecular flexibility index (Phi) is 5.71. The maximum atomic E-state index is 12.9. The molecule has 1 aliphatic heterocycles. The second kappa shape index (κ2) is 8.70. The van der Waals surface area contributed by atoms with E-state index in [9.17, 15) is 4.79 Å². The number of piperidine rings is 1. The van der Waals surface area contributed by atoms with Crippen LogP contribution in [0.5, 0.6) is 0 Å². The van der Waals surface area contributed by atoms with E-state index in [0.717, 1.165) is 24.0 Å². The van der Waals surface area contributed by atoms with Gasteiger partial charge in [0, 0.05) is 36.2 Å². The van der Waals surface area contributed by atoms with Crippen LogP contribution in [-0.4, -0.2) is 38.7 Å². The van der Waals surface area contributed by atoms with Gasteiger partial charge in [0.25, 0.3) is 5.91 Å². The maximum absolute atomic E-state index is 12.9. The number of nitrogens with zero attached hydrogens (tertiary/aromatic N) is 5. The molecule has 0 radical (unpaired) electrons. The van der Waals surface area contributed by atoms with E-state index in [2.05, 4.69) is 73.7 Å². The van der Waals surface area contributed by atoms with Gasteiger partial charge in [-0.25, -0.2) is 0 Å². The van der Waals surface area contributed by atoms with E-state index in [0.29, 0.717) is 30.7 Å². The largest absolute Gasteiger partial charge is 0.339 e. The third-order valence-corrected chi connectivity index (χ3v) is 7.33. The first kappa shape index (κ1) is 22.3. The zero-order valence-electron chi connectivity index (χ0n) is 20.6. The number of carbonyl (C=O) groups is 1. The summed E-state index contributed by atoms with van der Waals surface area (Å²) in [6.07, 6.45) is 1.65. The number of benzene rings is 2. The average Bonchev–Trinajstić information content (AvgIpc) is 3.44. The smallest absolute Gasteiger partial charge is 0.253 e. The van der Waals surface area contributed by atoms with Crippen molar-refractivity contribution in [1.82, 2.24) is 19.7 Å². The molecule has 2 aromatic carbocycles. The van der Waals surface area contributed by atoms with Crippen LogP contribution in [0.1, 0.15) is 66.0 Å². The van der Waals surface area contributed by atoms with Crippen molar-refractivity contribution in [2.45, 2.75) is 45.4 Å². The highest BCUT2D eigenvalue weighted by Crippen LogP contribution is 2.30. The molecule has 4 aromatic rings. The van der Waals surface area contributed by atoms with Gasteiger partial charge in [-0.05, 0) is 55.5 Å². The number of hydrogen-bond acceptors (Lipinski definition) is 4. The van der Waals surface area contributed by atoms with Gasteiger partial charge >= 0.3 is 0 Å². The van der Waals surface area contributed by atoms with Crippen molar-refractivity contribution in [1.29, 1.82) is 0 Å². The highest BCUT2D eigenvalue weighted by atomic mass is 16.5. The van der Waals surface area contributed by atoms with Crippen molar-refractivity contribution in [3.8, 4) is 11.4 Å². The lowest BCUT2D eigenvalue weighted by Crippen LogP contribution is -2.38. The van der Waals surface area contributed by atoms with Gasteiger partial charge in [0.1, 0.15) is 0 Å². The summed E-state index contributed by atoms with van der Waals surface area (Å²) in [5, 5.41) is 5.45. The SMILES string of the molecule is Cc1c2cc(-c3noc(C4CCN(C(=O)c5ccc(C(C)C)cc5)CC4)n3)ccc2[n+](C)n1C. The number of rotatable bonds is 4. The molecule has 1 amide bonds. The van der Waals surface area contributed by atoms with Crippen LogP contribution in [0.2, 0.25) is 0 Å². The van der Waals surface area contributed by atoms with Gasteiger partial charge in [0.15, 0.2) is 7.05 Å². The standard InChI is InChI=1S/C27H32N5O2/c1-17(2)19-6-8-21(9-7-19)27(33)32-14-12-20(13-15-32)26-28-25(29-34-26)22-10-11-24-23(16-22)18(3)30(4)31(24)5/h6-11,16-17,20H,12-15H2,1-5H3/q+1. The molecule has 176 valence electrons. The lowest BCUT2D eigenvalue weighted by molar-refractivity contribution is -0.728. The first-order chi connectivity index (χ1) is 16.3. The number of aryl methyl sites for hydroxylation is 2. The third kappa shape index (κ3) is 3.89. The molecule has 0 bridgehead atoms. The molecule has 34 heavy (non-hydrogen) atoms. The fourth-order valence-corrected chi connectivity index (χ4v) is 4.85. The van der Waals surface area contributed by atoms with Crippen molar-refractivity contribution < 1.29 is 14.0 Å². The van der Waals surface area contributed by atoms with Crippen LogP contribution in [0, 0.1) is 6.92 Å². The second-order valence-corrected chi connectivity index (χ2v) is 9.66. The first-order valence-electron chi connectivity index (χ1n) is 12.0. The van der Waals surface area contributed by atoms with Crippen molar-refractivity contribution >= 4 is 16.8 Å². The molecule has 0 atom stereocenters. The lowest BCUT2D eigenvalue weighted by atomic mass is 9.96. The summed E-state index contributed by atoms with van der Waals surface area (Å²) >= 11 is 0. The van der Waals surface area contributed by atoms with E-state index in [4.69, 9.17) is 9.51 Å². The quantitative estimate of drug-likeness (QED) is 0.422. The second-order valence-electron chi connectivity index (χ2n) is 9.66. The average molecular weight is 459 g/mol. The Balaban J connectivity index is 1.27. The fraction of sp³-hybridized carbons (Fsp3) is 0.407. The predicted octanol–water partition coefficient (Wildman–Crippen LogP) is 4.50. The Morgan fingerprint density at radius 3 is 2.50 bits per heavy atom. The molecule has 1 aliphatic rings. The lowest BCUT2D eigenvalue weighted by Gasteiger charge is -2.30. The van der Waals surface area contributed by atoms with Crippen LogP contribution in [-0.2, 0) is 14.1 Å². The Bertz CT molecular complexity index is 1340. The fourth-order valence-electron chi connectivity index (χ4n) is 4.85. The van der Waals surface area contributed by atoms with E-state index in [-0.39, 0.29) is 11.8 Å². The summed E-state index contributed by atoms with van der Waals surface area (Å²) in [7, 11) is 4.11. The Morgan fingerprint density at radius 2 is 1.82 bits per heavy atom. The van der Waals surface area contributed by atoms with Crippen LogP contribution in [0.3, 0.4) is 0 Å². The number of likely N-dealkylation sites (tertiary alicyclic amines) is 1. The number of aromatic nitrogens is 4. The van der Waals surface area contributed by atoms with Crippen LogP contribution < -0.4 is 4.68 Å². The normalized spacial score (nSPS) is 14.9. The molecule has 1 fully saturated rings. The maximum Gasteiger partial charge on any atom is 0.253 e. The van der Waals surface area contributed by atoms with E-state index in [1.807, 2.05) is 23.1 Å². The van der Waals surface area contributed by atoms with Crippen LogP contribution in [0.15, 0.2) is 47.0 Å². The molecule has 5 rings (SSSR count). The summed E-state index contributed by atoms with van der Waals surface area (Å²) in [6.45, 7) is 7.82. The zero-order valence-corrected chi connectivity index (χ0v) is 20.6. The molecule has 0 unspecified atom stereocenters. The van der Waals surface area contributed by atoms with E-state index >= 15 is 0 Å². The van der Waals surface area contributed by atoms with Gasteiger partial charge in [-0.3, -0.25) is 4.79 Å². The van der Waals surface area contributed by atoms with Crippen LogP contribution in [0.25, 0.3) is 22.3 Å². The minimum atomic E-state index is 0.0969. The molecule has 0 saturated carbocycles. The van der Waals surface area contributed by atoms with Gasteiger partial charge in [-0.2, -0.15) is 9.67 Å². The van der Waals surface area contributed by atoms with Crippen LogP contribution >= 0.6 is 0 Å². The molecule has 3 heterocycles. The Morgan fingerprint density at radius 1 is 1.12 bits per heavy atom. The minimum Gasteiger partial charge on any atom is -0.339 e. The van der Waals surface area contributed by atoms with Crippen molar-refractivity contribution in [2.24, 2.45) is 14.1 Å². The molecular weight excluding hydrogens is 426 g/mol. The van der Waals surface area contributed by atoms with E-state index in [1.54, 1.807) is 0 Å². The van der Waals surface area contributed by atoms with Crippen LogP contribution in [0.4, 0.5) is 0 Å². The van der Waals surface area contributed by atoms with Gasteiger partial charge < -0.3 is 9.42 Å². The molecule has 0 N–H and O–H groups in total. The Labute approximate surface area is 200 Å². The molecule has 1 saturated heterocycles. The van der Waals surface area contributed by atoms with E-state index in [1.165, 1.54) is 22.2 Å². The van der Waals surface area contributed by atoms with Gasteiger partial charge in [0.05, 0.1) is 18.1 Å². The van der Waals surface area contributed by atoms with Crippen molar-refractivity contribution in [2.75, 3.05) is 13.1 Å². The Hall–Kier alpha value is -3.48. The zero-order chi connectivity index (χ0) is 24.0. The van der Waals surface area contributed by atoms with E-state index < -0.39 is 0 Å². The highest BCUT2D eigenvalue weighted by molar-refractivity contribution is 5.94. The minimum absolute atomic E-state index is 0.0969. The van der Waals surface area contributed by atoms with Crippen molar-refractivity contribution in [3.63, 3.8) is 0 Å². The molecule has 2 aromatic heterocycles. The summed E-state index contributed by atoms with van der Waals surface area (Å²) in [5.74, 6) is 2.01. The third-order valence-electron chi connectivity index (χ3n) is 7.33. The topological polar surface area (TPSA) is 68.0 Å².